The molecule has 0 spiro atoms. The normalized spacial score (nSPS) is 31.4. The Morgan fingerprint density at radius 1 is 1.29 bits per heavy atom. The van der Waals surface area contributed by atoms with Crippen molar-refractivity contribution in [2.24, 2.45) is 5.92 Å². The molecule has 1 aromatic carbocycles. The molecule has 5 heteroatoms. The minimum absolute atomic E-state index is 0.173. The molecule has 2 aliphatic rings. The Morgan fingerprint density at radius 2 is 2.06 bits per heavy atom. The van der Waals surface area contributed by atoms with E-state index in [-0.39, 0.29) is 5.41 Å². The largest absolute Gasteiger partial charge is 0.419 e. The first-order valence-electron chi connectivity index (χ1n) is 5.51. The smallest absolute Gasteiger partial charge is 0.316 e. The number of halogens is 4. The monoisotopic (exact) mass is 245 g/mol. The molecule has 0 amide bonds. The van der Waals surface area contributed by atoms with Crippen molar-refractivity contribution < 1.29 is 17.6 Å². The Balaban J connectivity index is 2.03. The van der Waals surface area contributed by atoms with Crippen LogP contribution in [0.2, 0.25) is 0 Å². The molecular weight excluding hydrogens is 234 g/mol. The maximum absolute atomic E-state index is 13.2. The Hall–Kier alpha value is -1.10. The second kappa shape index (κ2) is 3.22. The van der Waals surface area contributed by atoms with Gasteiger partial charge in [-0.1, -0.05) is 6.07 Å². The van der Waals surface area contributed by atoms with Crippen LogP contribution in [-0.2, 0) is 11.6 Å². The summed E-state index contributed by atoms with van der Waals surface area (Å²) in [5.74, 6) is -0.783. The molecule has 1 saturated heterocycles. The molecule has 1 aliphatic carbocycles. The molecular formula is C12H11F4N. The summed E-state index contributed by atoms with van der Waals surface area (Å²) >= 11 is 0. The van der Waals surface area contributed by atoms with Crippen LogP contribution in [0, 0.1) is 11.7 Å². The zero-order chi connectivity index (χ0) is 12.3. The third-order valence-electron chi connectivity index (χ3n) is 3.91. The molecule has 1 nitrogen and oxygen atoms in total. The zero-order valence-corrected chi connectivity index (χ0v) is 8.94. The van der Waals surface area contributed by atoms with Gasteiger partial charge in [0.1, 0.15) is 5.82 Å². The summed E-state index contributed by atoms with van der Waals surface area (Å²) in [5.41, 5.74) is -0.712. The number of piperidine rings is 1. The van der Waals surface area contributed by atoms with Gasteiger partial charge in [-0.3, -0.25) is 0 Å². The SMILES string of the molecule is Fc1ccc(C23CNC[C@H]2C3)cc1C(F)(F)F. The van der Waals surface area contributed by atoms with Crippen LogP contribution in [0.25, 0.3) is 0 Å². The molecule has 92 valence electrons. The molecule has 1 saturated carbocycles. The fourth-order valence-corrected chi connectivity index (χ4v) is 2.84. The van der Waals surface area contributed by atoms with Gasteiger partial charge in [-0.15, -0.1) is 0 Å². The maximum Gasteiger partial charge on any atom is 0.419 e. The van der Waals surface area contributed by atoms with Gasteiger partial charge in [-0.05, 0) is 36.6 Å². The summed E-state index contributed by atoms with van der Waals surface area (Å²) in [6, 6.07) is 3.39. The average Bonchev–Trinajstić information content (AvgIpc) is 2.80. The molecule has 0 radical (unpaired) electrons. The second-order valence-electron chi connectivity index (χ2n) is 4.88. The van der Waals surface area contributed by atoms with Crippen molar-refractivity contribution >= 4 is 0 Å². The number of fused-ring (bicyclic) bond motifs is 1. The Labute approximate surface area is 95.8 Å². The van der Waals surface area contributed by atoms with Crippen LogP contribution in [0.4, 0.5) is 17.6 Å². The quantitative estimate of drug-likeness (QED) is 0.750. The van der Waals surface area contributed by atoms with Crippen LogP contribution in [0.15, 0.2) is 18.2 Å². The molecule has 1 aromatic rings. The van der Waals surface area contributed by atoms with Crippen molar-refractivity contribution in [2.45, 2.75) is 18.0 Å². The van der Waals surface area contributed by atoms with E-state index in [1.807, 2.05) is 0 Å². The number of alkyl halides is 3. The topological polar surface area (TPSA) is 12.0 Å². The fraction of sp³-hybridized carbons (Fsp3) is 0.500. The van der Waals surface area contributed by atoms with Crippen molar-refractivity contribution in [2.75, 3.05) is 13.1 Å². The molecule has 0 aromatic heterocycles. The highest BCUT2D eigenvalue weighted by atomic mass is 19.4. The van der Waals surface area contributed by atoms with E-state index in [9.17, 15) is 17.6 Å². The van der Waals surface area contributed by atoms with Crippen LogP contribution < -0.4 is 5.32 Å². The molecule has 2 atom stereocenters. The van der Waals surface area contributed by atoms with E-state index < -0.39 is 17.6 Å². The molecule has 0 bridgehead atoms. The number of benzene rings is 1. The van der Waals surface area contributed by atoms with Gasteiger partial charge in [-0.2, -0.15) is 13.2 Å². The van der Waals surface area contributed by atoms with Crippen LogP contribution >= 0.6 is 0 Å². The summed E-state index contributed by atoms with van der Waals surface area (Å²) in [7, 11) is 0. The van der Waals surface area contributed by atoms with Gasteiger partial charge in [0.05, 0.1) is 5.56 Å². The van der Waals surface area contributed by atoms with Crippen LogP contribution in [0.3, 0.4) is 0 Å². The lowest BCUT2D eigenvalue weighted by Crippen LogP contribution is -2.20. The van der Waals surface area contributed by atoms with E-state index in [1.165, 1.54) is 6.07 Å². The third kappa shape index (κ3) is 1.56. The summed E-state index contributed by atoms with van der Waals surface area (Å²) in [5, 5.41) is 3.16. The van der Waals surface area contributed by atoms with Crippen molar-refractivity contribution in [3.05, 3.63) is 35.1 Å². The summed E-state index contributed by atoms with van der Waals surface area (Å²) in [6.07, 6.45) is -3.71. The first-order valence-corrected chi connectivity index (χ1v) is 5.51. The maximum atomic E-state index is 13.2. The van der Waals surface area contributed by atoms with Crippen LogP contribution in [0.5, 0.6) is 0 Å². The third-order valence-corrected chi connectivity index (χ3v) is 3.91. The Kier molecular flexibility index (Phi) is 2.09. The lowest BCUT2D eigenvalue weighted by atomic mass is 9.93. The summed E-state index contributed by atoms with van der Waals surface area (Å²) < 4.78 is 51.0. The van der Waals surface area contributed by atoms with Gasteiger partial charge in [-0.25, -0.2) is 4.39 Å². The lowest BCUT2D eigenvalue weighted by Gasteiger charge is -2.15. The molecule has 1 N–H and O–H groups in total. The van der Waals surface area contributed by atoms with E-state index in [2.05, 4.69) is 5.32 Å². The molecule has 1 unspecified atom stereocenters. The summed E-state index contributed by atoms with van der Waals surface area (Å²) in [4.78, 5) is 0. The van der Waals surface area contributed by atoms with Crippen molar-refractivity contribution in [1.82, 2.24) is 5.32 Å². The highest BCUT2D eigenvalue weighted by Gasteiger charge is 2.58. The lowest BCUT2D eigenvalue weighted by molar-refractivity contribution is -0.140. The highest BCUT2D eigenvalue weighted by molar-refractivity contribution is 5.40. The predicted octanol–water partition coefficient (Wildman–Crippen LogP) is 2.71. The first-order chi connectivity index (χ1) is 7.93. The fourth-order valence-electron chi connectivity index (χ4n) is 2.84. The molecule has 3 rings (SSSR count). The van der Waals surface area contributed by atoms with E-state index in [0.29, 0.717) is 18.0 Å². The van der Waals surface area contributed by atoms with Gasteiger partial charge in [0.25, 0.3) is 0 Å². The molecule has 2 fully saturated rings. The minimum Gasteiger partial charge on any atom is -0.316 e. The van der Waals surface area contributed by atoms with Crippen molar-refractivity contribution in [1.29, 1.82) is 0 Å². The number of hydrogen-bond donors (Lipinski definition) is 1. The minimum atomic E-state index is -4.62. The van der Waals surface area contributed by atoms with Gasteiger partial charge >= 0.3 is 6.18 Å². The van der Waals surface area contributed by atoms with E-state index in [1.54, 1.807) is 0 Å². The van der Waals surface area contributed by atoms with Gasteiger partial charge in [0.2, 0.25) is 0 Å². The van der Waals surface area contributed by atoms with E-state index in [4.69, 9.17) is 0 Å². The molecule has 17 heavy (non-hydrogen) atoms. The van der Waals surface area contributed by atoms with E-state index >= 15 is 0 Å². The molecule has 1 aliphatic heterocycles. The molecule has 1 heterocycles. The second-order valence-corrected chi connectivity index (χ2v) is 4.88. The zero-order valence-electron chi connectivity index (χ0n) is 8.94. The number of nitrogens with one attached hydrogen (secondary N) is 1. The van der Waals surface area contributed by atoms with Crippen LogP contribution in [-0.4, -0.2) is 13.1 Å². The van der Waals surface area contributed by atoms with Gasteiger partial charge < -0.3 is 5.32 Å². The first kappa shape index (κ1) is 11.0. The van der Waals surface area contributed by atoms with Gasteiger partial charge in [0, 0.05) is 12.0 Å². The van der Waals surface area contributed by atoms with Crippen molar-refractivity contribution in [3.63, 3.8) is 0 Å². The highest BCUT2D eigenvalue weighted by Crippen LogP contribution is 2.56. The van der Waals surface area contributed by atoms with E-state index in [0.717, 1.165) is 25.1 Å². The number of hydrogen-bond acceptors (Lipinski definition) is 1. The van der Waals surface area contributed by atoms with Crippen molar-refractivity contribution in [3.8, 4) is 0 Å². The Bertz CT molecular complexity index is 468. The average molecular weight is 245 g/mol. The van der Waals surface area contributed by atoms with Crippen LogP contribution in [0.1, 0.15) is 17.5 Å². The van der Waals surface area contributed by atoms with Gasteiger partial charge in [0.15, 0.2) is 0 Å². The summed E-state index contributed by atoms with van der Waals surface area (Å²) in [6.45, 7) is 1.54. The predicted molar refractivity (Wildman–Crippen MR) is 54.1 cm³/mol. The number of rotatable bonds is 1. The standard InChI is InChI=1S/C12H11F4N/c13-10-2-1-7(3-9(10)12(14,15)16)11-4-8(11)5-17-6-11/h1-3,8,17H,4-6H2/t8-,11?/m1/s1. The Morgan fingerprint density at radius 3 is 2.59 bits per heavy atom.